The fourth-order valence-electron chi connectivity index (χ4n) is 4.84. The van der Waals surface area contributed by atoms with Crippen LogP contribution in [0.2, 0.25) is 0 Å². The molecule has 0 spiro atoms. The zero-order valence-electron chi connectivity index (χ0n) is 23.9. The Balaban J connectivity index is 1.76. The molecule has 0 bridgehead atoms. The third kappa shape index (κ3) is 6.83. The van der Waals surface area contributed by atoms with Gasteiger partial charge in [0.1, 0.15) is 22.1 Å². The first kappa shape index (κ1) is 35.4. The number of ketones is 1. The standard InChI is InChI=1S/C30H22F6O9S2/c1-17-3-4-18(15-25(17)46(38,39)40)27(37)19-5-14-24(26(16-19)47(41,42)43)45-23-12-8-21(9-13-23)28(29(31,32)33,30(34,35)36)20-6-10-22(44-2)11-7-20/h3-16H,1-2H3,(H,38,39,40)(H,41,42,43). The summed E-state index contributed by atoms with van der Waals surface area (Å²) in [6.45, 7) is 1.35. The maximum absolute atomic E-state index is 14.4. The van der Waals surface area contributed by atoms with E-state index in [1.165, 1.54) is 26.2 Å². The number of carbonyl (C=O) groups is 1. The first-order valence-electron chi connectivity index (χ1n) is 12.9. The molecule has 4 aromatic carbocycles. The molecule has 250 valence electrons. The van der Waals surface area contributed by atoms with Crippen molar-refractivity contribution < 1.29 is 66.6 Å². The predicted octanol–water partition coefficient (Wildman–Crippen LogP) is 6.93. The van der Waals surface area contributed by atoms with Gasteiger partial charge in [0.15, 0.2) is 5.78 Å². The van der Waals surface area contributed by atoms with Gasteiger partial charge in [-0.25, -0.2) is 0 Å². The first-order chi connectivity index (χ1) is 21.6. The van der Waals surface area contributed by atoms with E-state index in [0.717, 1.165) is 42.5 Å². The Morgan fingerprint density at radius 2 is 1.06 bits per heavy atom. The van der Waals surface area contributed by atoms with Crippen molar-refractivity contribution in [3.8, 4) is 17.2 Å². The molecule has 0 fully saturated rings. The number of aryl methyl sites for hydroxylation is 1. The zero-order chi connectivity index (χ0) is 35.2. The molecule has 9 nitrogen and oxygen atoms in total. The second kappa shape index (κ2) is 12.3. The number of ether oxygens (including phenoxy) is 2. The van der Waals surface area contributed by atoms with Crippen LogP contribution in [0, 0.1) is 6.92 Å². The van der Waals surface area contributed by atoms with E-state index in [0.29, 0.717) is 30.3 Å². The van der Waals surface area contributed by atoms with E-state index >= 15 is 0 Å². The number of alkyl halides is 6. The van der Waals surface area contributed by atoms with Crippen molar-refractivity contribution in [2.24, 2.45) is 0 Å². The van der Waals surface area contributed by atoms with Gasteiger partial charge in [0.2, 0.25) is 5.41 Å². The van der Waals surface area contributed by atoms with Crippen molar-refractivity contribution in [3.63, 3.8) is 0 Å². The predicted molar refractivity (Wildman–Crippen MR) is 153 cm³/mol. The molecule has 0 amide bonds. The highest BCUT2D eigenvalue weighted by Gasteiger charge is 2.72. The third-order valence-electron chi connectivity index (χ3n) is 7.10. The Morgan fingerprint density at radius 1 is 0.638 bits per heavy atom. The smallest absolute Gasteiger partial charge is 0.411 e. The SMILES string of the molecule is COc1ccc(C(c2ccc(Oc3ccc(C(=O)c4ccc(C)c(S(=O)(=O)O)c4)cc3S(=O)(=O)O)cc2)(C(F)(F)F)C(F)(F)F)cc1. The Hall–Kier alpha value is -4.45. The fraction of sp³-hybridized carbons (Fsp3) is 0.167. The summed E-state index contributed by atoms with van der Waals surface area (Å²) in [4.78, 5) is 11.5. The van der Waals surface area contributed by atoms with Crippen LogP contribution in [0.1, 0.15) is 32.6 Å². The largest absolute Gasteiger partial charge is 0.497 e. The Bertz CT molecular complexity index is 2030. The van der Waals surface area contributed by atoms with Crippen LogP contribution in [0.15, 0.2) is 94.7 Å². The van der Waals surface area contributed by atoms with Gasteiger partial charge in [0.05, 0.1) is 12.0 Å². The number of hydrogen-bond donors (Lipinski definition) is 2. The van der Waals surface area contributed by atoms with Crippen molar-refractivity contribution in [2.75, 3.05) is 7.11 Å². The fourth-order valence-corrected chi connectivity index (χ4v) is 6.23. The second-order valence-corrected chi connectivity index (χ2v) is 12.8. The minimum atomic E-state index is -5.89. The van der Waals surface area contributed by atoms with Gasteiger partial charge in [0, 0.05) is 11.1 Å². The Kier molecular flexibility index (Phi) is 9.26. The molecule has 4 rings (SSSR count). The van der Waals surface area contributed by atoms with Crippen LogP contribution in [0.4, 0.5) is 26.3 Å². The molecule has 0 aliphatic rings. The number of rotatable bonds is 9. The molecule has 0 atom stereocenters. The van der Waals surface area contributed by atoms with Gasteiger partial charge in [-0.2, -0.15) is 43.2 Å². The molecule has 0 heterocycles. The van der Waals surface area contributed by atoms with Gasteiger partial charge in [-0.15, -0.1) is 0 Å². The average Bonchev–Trinajstić information content (AvgIpc) is 2.96. The summed E-state index contributed by atoms with van der Waals surface area (Å²) in [5.41, 5.74) is -7.47. The number of hydrogen-bond acceptors (Lipinski definition) is 7. The molecule has 0 unspecified atom stereocenters. The highest BCUT2D eigenvalue weighted by atomic mass is 32.2. The molecule has 0 radical (unpaired) electrons. The molecule has 17 heteroatoms. The van der Waals surface area contributed by atoms with Gasteiger partial charge in [0.25, 0.3) is 20.2 Å². The van der Waals surface area contributed by atoms with E-state index in [-0.39, 0.29) is 16.9 Å². The molecule has 4 aromatic rings. The van der Waals surface area contributed by atoms with Crippen LogP contribution in [-0.4, -0.2) is 51.2 Å². The summed E-state index contributed by atoms with van der Waals surface area (Å²) >= 11 is 0. The van der Waals surface area contributed by atoms with E-state index in [2.05, 4.69) is 0 Å². The minimum absolute atomic E-state index is 0.0137. The molecule has 47 heavy (non-hydrogen) atoms. The van der Waals surface area contributed by atoms with Gasteiger partial charge in [-0.05, 0) is 72.1 Å². The van der Waals surface area contributed by atoms with Crippen molar-refractivity contribution >= 4 is 26.0 Å². The van der Waals surface area contributed by atoms with E-state index in [4.69, 9.17) is 9.47 Å². The number of methoxy groups -OCH3 is 1. The Labute approximate surface area is 263 Å². The number of benzene rings is 4. The average molecular weight is 705 g/mol. The Morgan fingerprint density at radius 3 is 1.49 bits per heavy atom. The lowest BCUT2D eigenvalue weighted by Crippen LogP contribution is -2.54. The van der Waals surface area contributed by atoms with Gasteiger partial charge in [-0.1, -0.05) is 36.4 Å². The maximum atomic E-state index is 14.4. The molecule has 0 aromatic heterocycles. The third-order valence-corrected chi connectivity index (χ3v) is 8.97. The monoisotopic (exact) mass is 704 g/mol. The van der Waals surface area contributed by atoms with Crippen molar-refractivity contribution in [2.45, 2.75) is 34.5 Å². The van der Waals surface area contributed by atoms with Crippen LogP contribution in [0.5, 0.6) is 17.2 Å². The van der Waals surface area contributed by atoms with Crippen LogP contribution >= 0.6 is 0 Å². The molecule has 0 aliphatic carbocycles. The lowest BCUT2D eigenvalue weighted by Gasteiger charge is -2.38. The molecule has 2 N–H and O–H groups in total. The molecule has 0 saturated carbocycles. The summed E-state index contributed by atoms with van der Waals surface area (Å²) in [7, 11) is -8.71. The van der Waals surface area contributed by atoms with E-state index in [1.807, 2.05) is 0 Å². The van der Waals surface area contributed by atoms with E-state index < -0.39 is 81.8 Å². The normalized spacial score (nSPS) is 12.9. The van der Waals surface area contributed by atoms with Crippen LogP contribution in [0.25, 0.3) is 0 Å². The lowest BCUT2D eigenvalue weighted by molar-refractivity contribution is -0.288. The van der Waals surface area contributed by atoms with Crippen molar-refractivity contribution in [3.05, 3.63) is 113 Å². The number of carbonyl (C=O) groups excluding carboxylic acids is 1. The van der Waals surface area contributed by atoms with Crippen molar-refractivity contribution in [1.82, 2.24) is 0 Å². The van der Waals surface area contributed by atoms with Crippen LogP contribution in [-0.2, 0) is 25.7 Å². The first-order valence-corrected chi connectivity index (χ1v) is 15.8. The van der Waals surface area contributed by atoms with Crippen LogP contribution in [0.3, 0.4) is 0 Å². The summed E-state index contributed by atoms with van der Waals surface area (Å²) in [5, 5.41) is 0. The quantitative estimate of drug-likeness (QED) is 0.108. The highest BCUT2D eigenvalue weighted by Crippen LogP contribution is 2.56. The molecular formula is C30H22F6O9S2. The zero-order valence-corrected chi connectivity index (χ0v) is 25.6. The minimum Gasteiger partial charge on any atom is -0.497 e. The molecular weight excluding hydrogens is 682 g/mol. The molecule has 0 saturated heterocycles. The topological polar surface area (TPSA) is 144 Å². The summed E-state index contributed by atoms with van der Waals surface area (Å²) in [5.74, 6) is -2.03. The van der Waals surface area contributed by atoms with Gasteiger partial charge >= 0.3 is 12.4 Å². The van der Waals surface area contributed by atoms with Crippen molar-refractivity contribution in [1.29, 1.82) is 0 Å². The second-order valence-electron chi connectivity index (χ2n) is 10.0. The maximum Gasteiger partial charge on any atom is 0.411 e. The van der Waals surface area contributed by atoms with Crippen LogP contribution < -0.4 is 9.47 Å². The van der Waals surface area contributed by atoms with Gasteiger partial charge in [-0.3, -0.25) is 13.9 Å². The summed E-state index contributed by atoms with van der Waals surface area (Å²) < 4.78 is 164. The van der Waals surface area contributed by atoms with E-state index in [1.54, 1.807) is 0 Å². The van der Waals surface area contributed by atoms with Gasteiger partial charge < -0.3 is 9.47 Å². The summed E-state index contributed by atoms with van der Waals surface area (Å²) in [6.07, 6.45) is -11.8. The lowest BCUT2D eigenvalue weighted by atomic mass is 9.73. The number of halogens is 6. The molecule has 0 aliphatic heterocycles. The van der Waals surface area contributed by atoms with E-state index in [9.17, 15) is 57.1 Å². The highest BCUT2D eigenvalue weighted by molar-refractivity contribution is 7.86. The summed E-state index contributed by atoms with van der Waals surface area (Å²) in [6, 6.07) is 11.4.